The molecule has 0 unspecified atom stereocenters. The maximum absolute atomic E-state index is 13.2. The van der Waals surface area contributed by atoms with E-state index in [0.717, 1.165) is 18.4 Å². The highest BCUT2D eigenvalue weighted by Gasteiger charge is 2.85. The lowest BCUT2D eigenvalue weighted by atomic mass is 9.72. The molecule has 6 nitrogen and oxygen atoms in total. The van der Waals surface area contributed by atoms with Gasteiger partial charge in [0.2, 0.25) is 5.78 Å². The van der Waals surface area contributed by atoms with E-state index in [4.69, 9.17) is 9.47 Å². The molecule has 2 atom stereocenters. The molecular formula is C22H21NO5. The number of nitrogens with one attached hydrogen (secondary N) is 1. The number of rotatable bonds is 6. The number of methoxy groups -OCH3 is 1. The van der Waals surface area contributed by atoms with E-state index in [1.807, 2.05) is 31.5 Å². The van der Waals surface area contributed by atoms with Crippen molar-refractivity contribution in [3.05, 3.63) is 71.1 Å². The highest BCUT2D eigenvalue weighted by Crippen LogP contribution is 2.58. The second kappa shape index (κ2) is 6.56. The molecule has 144 valence electrons. The number of allylic oxidation sites excluding steroid dienone is 1. The number of ketones is 2. The summed E-state index contributed by atoms with van der Waals surface area (Å²) in [7, 11) is 1.19. The smallest absolute Gasteiger partial charge is 0.350 e. The Balaban J connectivity index is 1.63. The number of aromatic amines is 1. The summed E-state index contributed by atoms with van der Waals surface area (Å²) in [6.45, 7) is 1.97. The number of carbonyl (C=O) groups excluding carboxylic acids is 3. The summed E-state index contributed by atoms with van der Waals surface area (Å²) in [5, 5.41) is 0. The van der Waals surface area contributed by atoms with Gasteiger partial charge in [0.05, 0.1) is 7.11 Å². The Morgan fingerprint density at radius 2 is 1.89 bits per heavy atom. The van der Waals surface area contributed by atoms with Crippen LogP contribution in [0.25, 0.3) is 0 Å². The maximum atomic E-state index is 13.2. The minimum Gasteiger partial charge on any atom is -0.466 e. The number of hydrogen-bond acceptors (Lipinski definition) is 5. The van der Waals surface area contributed by atoms with Gasteiger partial charge in [-0.2, -0.15) is 0 Å². The van der Waals surface area contributed by atoms with Gasteiger partial charge in [-0.15, -0.1) is 0 Å². The van der Waals surface area contributed by atoms with Gasteiger partial charge in [-0.25, -0.2) is 4.79 Å². The van der Waals surface area contributed by atoms with Crippen molar-refractivity contribution in [1.29, 1.82) is 0 Å². The number of carbonyl (C=O) groups is 3. The average Bonchev–Trinajstić information content (AvgIpc) is 3.15. The fourth-order valence-electron chi connectivity index (χ4n) is 3.95. The summed E-state index contributed by atoms with van der Waals surface area (Å²) < 4.78 is 10.5. The highest BCUT2D eigenvalue weighted by molar-refractivity contribution is 6.32. The Hall–Kier alpha value is -2.99. The number of epoxide rings is 1. The van der Waals surface area contributed by atoms with E-state index in [0.29, 0.717) is 5.56 Å². The first kappa shape index (κ1) is 18.4. The number of benzene rings is 1. The van der Waals surface area contributed by atoms with Gasteiger partial charge in [0.15, 0.2) is 11.4 Å². The van der Waals surface area contributed by atoms with E-state index in [-0.39, 0.29) is 17.8 Å². The normalized spacial score (nSPS) is 25.9. The Morgan fingerprint density at radius 1 is 1.18 bits per heavy atom. The van der Waals surface area contributed by atoms with Crippen LogP contribution < -0.4 is 0 Å². The van der Waals surface area contributed by atoms with Gasteiger partial charge in [-0.3, -0.25) is 9.59 Å². The molecule has 1 aromatic heterocycles. The Labute approximate surface area is 162 Å². The fourth-order valence-corrected chi connectivity index (χ4v) is 3.95. The van der Waals surface area contributed by atoms with Gasteiger partial charge in [-0.05, 0) is 31.4 Å². The van der Waals surface area contributed by atoms with Gasteiger partial charge >= 0.3 is 5.97 Å². The Bertz CT molecular complexity index is 990. The highest BCUT2D eigenvalue weighted by atomic mass is 16.7. The predicted molar refractivity (Wildman–Crippen MR) is 101 cm³/mol. The first-order chi connectivity index (χ1) is 13.5. The average molecular weight is 379 g/mol. The molecule has 0 saturated carbocycles. The van der Waals surface area contributed by atoms with Crippen LogP contribution >= 0.6 is 0 Å². The van der Waals surface area contributed by atoms with Crippen molar-refractivity contribution in [3.8, 4) is 0 Å². The molecule has 1 fully saturated rings. The van der Waals surface area contributed by atoms with Crippen LogP contribution in [0.4, 0.5) is 0 Å². The van der Waals surface area contributed by atoms with E-state index in [1.165, 1.54) is 12.7 Å². The largest absolute Gasteiger partial charge is 0.466 e. The predicted octanol–water partition coefficient (Wildman–Crippen LogP) is 3.04. The summed E-state index contributed by atoms with van der Waals surface area (Å²) in [6.07, 6.45) is 7.52. The van der Waals surface area contributed by atoms with Crippen LogP contribution in [0.5, 0.6) is 0 Å². The minimum atomic E-state index is -1.87. The zero-order chi connectivity index (χ0) is 19.9. The molecule has 2 aliphatic rings. The fraction of sp³-hybridized carbons (Fsp3) is 0.318. The lowest BCUT2D eigenvalue weighted by Gasteiger charge is -2.22. The summed E-state index contributed by atoms with van der Waals surface area (Å²) in [4.78, 5) is 41.7. The summed E-state index contributed by atoms with van der Waals surface area (Å²) in [6, 6.07) is 8.52. The van der Waals surface area contributed by atoms with Crippen molar-refractivity contribution in [1.82, 2.24) is 4.98 Å². The van der Waals surface area contributed by atoms with Crippen LogP contribution in [0.15, 0.2) is 54.4 Å². The maximum Gasteiger partial charge on any atom is 0.350 e. The lowest BCUT2D eigenvalue weighted by molar-refractivity contribution is -0.145. The van der Waals surface area contributed by atoms with Gasteiger partial charge in [0, 0.05) is 29.9 Å². The van der Waals surface area contributed by atoms with Crippen molar-refractivity contribution < 1.29 is 23.9 Å². The molecule has 0 spiro atoms. The van der Waals surface area contributed by atoms with Crippen molar-refractivity contribution >= 4 is 17.5 Å². The molecule has 6 heteroatoms. The lowest BCUT2D eigenvalue weighted by Crippen LogP contribution is -2.50. The summed E-state index contributed by atoms with van der Waals surface area (Å²) in [5.41, 5.74) is -0.632. The summed E-state index contributed by atoms with van der Waals surface area (Å²) in [5.74, 6) is -1.67. The second-order valence-corrected chi connectivity index (χ2v) is 7.28. The van der Waals surface area contributed by atoms with Gasteiger partial charge in [0.25, 0.3) is 5.60 Å². The third-order valence-corrected chi connectivity index (χ3v) is 5.64. The first-order valence-electron chi connectivity index (χ1n) is 9.21. The molecule has 1 saturated heterocycles. The van der Waals surface area contributed by atoms with Crippen LogP contribution in [0.3, 0.4) is 0 Å². The van der Waals surface area contributed by atoms with Crippen molar-refractivity contribution in [2.24, 2.45) is 0 Å². The minimum absolute atomic E-state index is 0.153. The second-order valence-electron chi connectivity index (χ2n) is 7.28. The molecule has 1 aliphatic carbocycles. The number of aromatic nitrogens is 1. The third kappa shape index (κ3) is 2.48. The standard InChI is InChI=1S/C22H21NO5/c1-14(7-8-15-10-12-23-13-15)9-11-21-18(24)16-5-3-4-6-17(16)19(25)22(21,28-21)20(26)27-2/h3-6,9-10,12-13,23H,7-8,11H2,1-2H3/b14-9+/t21-,22-/m0/s1. The van der Waals surface area contributed by atoms with E-state index >= 15 is 0 Å². The molecule has 28 heavy (non-hydrogen) atoms. The molecule has 1 aromatic carbocycles. The molecule has 0 radical (unpaired) electrons. The molecule has 1 aliphatic heterocycles. The van der Waals surface area contributed by atoms with E-state index in [2.05, 4.69) is 4.98 Å². The molecule has 1 N–H and O–H groups in total. The van der Waals surface area contributed by atoms with Crippen molar-refractivity contribution in [3.63, 3.8) is 0 Å². The van der Waals surface area contributed by atoms with Crippen LogP contribution in [-0.2, 0) is 20.7 Å². The van der Waals surface area contributed by atoms with Crippen LogP contribution in [0, 0.1) is 0 Å². The molecule has 0 bridgehead atoms. The third-order valence-electron chi connectivity index (χ3n) is 5.64. The van der Waals surface area contributed by atoms with Crippen LogP contribution in [0.1, 0.15) is 46.0 Å². The summed E-state index contributed by atoms with van der Waals surface area (Å²) >= 11 is 0. The van der Waals surface area contributed by atoms with E-state index in [1.54, 1.807) is 24.3 Å². The number of H-pyrrole nitrogens is 1. The number of hydrogen-bond donors (Lipinski definition) is 1. The SMILES string of the molecule is COC(=O)[C@]12O[C@@]1(C/C=C(\C)CCc1cc[nH]c1)C(=O)c1ccccc1C2=O. The van der Waals surface area contributed by atoms with Crippen molar-refractivity contribution in [2.45, 2.75) is 37.4 Å². The number of fused-ring (bicyclic) bond motifs is 2. The quantitative estimate of drug-likeness (QED) is 0.361. The Kier molecular flexibility index (Phi) is 4.31. The first-order valence-corrected chi connectivity index (χ1v) is 9.21. The Morgan fingerprint density at radius 3 is 2.54 bits per heavy atom. The molecule has 0 amide bonds. The number of Topliss-reactive ketones (excluding diaryl/α,β-unsaturated/α-hetero) is 2. The van der Waals surface area contributed by atoms with Crippen molar-refractivity contribution in [2.75, 3.05) is 7.11 Å². The van der Waals surface area contributed by atoms with Gasteiger partial charge in [0.1, 0.15) is 0 Å². The monoisotopic (exact) mass is 379 g/mol. The van der Waals surface area contributed by atoms with Crippen LogP contribution in [0.2, 0.25) is 0 Å². The van der Waals surface area contributed by atoms with E-state index in [9.17, 15) is 14.4 Å². The van der Waals surface area contributed by atoms with Crippen LogP contribution in [-0.4, -0.2) is 40.8 Å². The van der Waals surface area contributed by atoms with Gasteiger partial charge < -0.3 is 14.5 Å². The molecule has 4 rings (SSSR count). The number of ether oxygens (including phenoxy) is 2. The number of aryl methyl sites for hydroxylation is 1. The molecule has 2 heterocycles. The zero-order valence-corrected chi connectivity index (χ0v) is 15.8. The van der Waals surface area contributed by atoms with Gasteiger partial charge in [-0.1, -0.05) is 35.9 Å². The zero-order valence-electron chi connectivity index (χ0n) is 15.8. The van der Waals surface area contributed by atoms with E-state index < -0.39 is 23.0 Å². The molecular weight excluding hydrogens is 358 g/mol. The number of esters is 1. The topological polar surface area (TPSA) is 88.8 Å². The molecule has 2 aromatic rings.